The summed E-state index contributed by atoms with van der Waals surface area (Å²) in [6, 6.07) is 9.76. The third-order valence-electron chi connectivity index (χ3n) is 5.47. The van der Waals surface area contributed by atoms with Crippen LogP contribution in [0.5, 0.6) is 0 Å². The lowest BCUT2D eigenvalue weighted by Crippen LogP contribution is -2.66. The molecule has 2 aliphatic rings. The molecule has 0 unspecified atom stereocenters. The average Bonchev–Trinajstić information content (AvgIpc) is 2.51. The van der Waals surface area contributed by atoms with E-state index in [1.54, 1.807) is 23.6 Å². The Kier molecular flexibility index (Phi) is 4.54. The van der Waals surface area contributed by atoms with Crippen molar-refractivity contribution in [2.75, 3.05) is 13.1 Å². The molecule has 0 aromatic heterocycles. The predicted octanol–water partition coefficient (Wildman–Crippen LogP) is 1.75. The van der Waals surface area contributed by atoms with E-state index in [1.807, 2.05) is 30.3 Å². The number of benzene rings is 1. The number of rotatable bonds is 4. The standard InChI is InChI=1S/C19H24N2O4/c1-19(2)18(25)20(12-13-6-4-3-5-7-13)10-11-21(19)16(22)14-8-9-15(14)17(23)24/h3-7,14-15H,8-12H2,1-2H3,(H,23,24)/t14-,15+/m1/s1. The van der Waals surface area contributed by atoms with Crippen molar-refractivity contribution in [3.8, 4) is 0 Å². The smallest absolute Gasteiger partial charge is 0.307 e. The molecule has 2 fully saturated rings. The van der Waals surface area contributed by atoms with Gasteiger partial charge in [0.05, 0.1) is 11.8 Å². The van der Waals surface area contributed by atoms with Crippen molar-refractivity contribution in [1.82, 2.24) is 9.80 Å². The summed E-state index contributed by atoms with van der Waals surface area (Å²) >= 11 is 0. The fourth-order valence-electron chi connectivity index (χ4n) is 3.74. The Morgan fingerprint density at radius 1 is 1.12 bits per heavy atom. The lowest BCUT2D eigenvalue weighted by Gasteiger charge is -2.48. The van der Waals surface area contributed by atoms with Gasteiger partial charge in [-0.05, 0) is 32.3 Å². The molecule has 0 bridgehead atoms. The minimum absolute atomic E-state index is 0.0952. The van der Waals surface area contributed by atoms with E-state index in [1.165, 1.54) is 0 Å². The normalized spacial score (nSPS) is 25.4. The average molecular weight is 344 g/mol. The topological polar surface area (TPSA) is 77.9 Å². The molecule has 25 heavy (non-hydrogen) atoms. The van der Waals surface area contributed by atoms with Crippen LogP contribution in [0.15, 0.2) is 30.3 Å². The molecule has 3 rings (SSSR count). The fraction of sp³-hybridized carbons (Fsp3) is 0.526. The summed E-state index contributed by atoms with van der Waals surface area (Å²) in [5.74, 6) is -2.32. The van der Waals surface area contributed by atoms with Crippen molar-refractivity contribution in [2.24, 2.45) is 11.8 Å². The molecule has 0 radical (unpaired) electrons. The van der Waals surface area contributed by atoms with Crippen LogP contribution < -0.4 is 0 Å². The van der Waals surface area contributed by atoms with Crippen LogP contribution in [0.4, 0.5) is 0 Å². The Labute approximate surface area is 147 Å². The van der Waals surface area contributed by atoms with Crippen molar-refractivity contribution >= 4 is 17.8 Å². The quantitative estimate of drug-likeness (QED) is 0.903. The Morgan fingerprint density at radius 2 is 1.76 bits per heavy atom. The van der Waals surface area contributed by atoms with Crippen LogP contribution in [0, 0.1) is 11.8 Å². The Morgan fingerprint density at radius 3 is 2.32 bits per heavy atom. The van der Waals surface area contributed by atoms with Gasteiger partial charge in [0.25, 0.3) is 0 Å². The van der Waals surface area contributed by atoms with Gasteiger partial charge in [0, 0.05) is 19.6 Å². The number of nitrogens with zero attached hydrogens (tertiary/aromatic N) is 2. The number of carboxylic acids is 1. The third kappa shape index (κ3) is 3.13. The van der Waals surface area contributed by atoms with E-state index in [9.17, 15) is 19.5 Å². The second kappa shape index (κ2) is 6.50. The molecule has 6 nitrogen and oxygen atoms in total. The van der Waals surface area contributed by atoms with Crippen LogP contribution >= 0.6 is 0 Å². The van der Waals surface area contributed by atoms with E-state index in [0.29, 0.717) is 32.5 Å². The Balaban J connectivity index is 1.72. The van der Waals surface area contributed by atoms with Crippen LogP contribution in [0.2, 0.25) is 0 Å². The number of amides is 2. The monoisotopic (exact) mass is 344 g/mol. The Hall–Kier alpha value is -2.37. The first-order valence-corrected chi connectivity index (χ1v) is 8.70. The minimum atomic E-state index is -0.956. The van der Waals surface area contributed by atoms with Gasteiger partial charge in [-0.1, -0.05) is 30.3 Å². The summed E-state index contributed by atoms with van der Waals surface area (Å²) in [6.45, 7) is 4.92. The summed E-state index contributed by atoms with van der Waals surface area (Å²) in [6.07, 6.45) is 1.12. The van der Waals surface area contributed by atoms with E-state index < -0.39 is 23.3 Å². The van der Waals surface area contributed by atoms with Gasteiger partial charge in [-0.25, -0.2) is 0 Å². The Bertz CT molecular complexity index is 686. The fourth-order valence-corrected chi connectivity index (χ4v) is 3.74. The highest BCUT2D eigenvalue weighted by atomic mass is 16.4. The molecule has 1 N–H and O–H groups in total. The molecule has 2 atom stereocenters. The van der Waals surface area contributed by atoms with Crippen LogP contribution in [-0.2, 0) is 20.9 Å². The molecule has 0 spiro atoms. The van der Waals surface area contributed by atoms with Gasteiger partial charge in [-0.2, -0.15) is 0 Å². The van der Waals surface area contributed by atoms with E-state index in [4.69, 9.17) is 0 Å². The molecule has 1 aromatic carbocycles. The number of piperazine rings is 1. The van der Waals surface area contributed by atoms with Crippen molar-refractivity contribution < 1.29 is 19.5 Å². The zero-order chi connectivity index (χ0) is 18.2. The molecule has 1 aliphatic carbocycles. The van der Waals surface area contributed by atoms with Crippen molar-refractivity contribution in [3.63, 3.8) is 0 Å². The second-order valence-electron chi connectivity index (χ2n) is 7.39. The summed E-state index contributed by atoms with van der Waals surface area (Å²) in [5, 5.41) is 9.19. The van der Waals surface area contributed by atoms with Crippen molar-refractivity contribution in [3.05, 3.63) is 35.9 Å². The van der Waals surface area contributed by atoms with Gasteiger partial charge in [0.1, 0.15) is 5.54 Å². The molecule has 1 aliphatic heterocycles. The third-order valence-corrected chi connectivity index (χ3v) is 5.47. The van der Waals surface area contributed by atoms with Gasteiger partial charge in [-0.3, -0.25) is 14.4 Å². The van der Waals surface area contributed by atoms with Gasteiger partial charge >= 0.3 is 5.97 Å². The largest absolute Gasteiger partial charge is 0.481 e. The number of carbonyl (C=O) groups excluding carboxylic acids is 2. The number of aliphatic carboxylic acids is 1. The highest BCUT2D eigenvalue weighted by Gasteiger charge is 2.50. The molecular formula is C19H24N2O4. The maximum Gasteiger partial charge on any atom is 0.307 e. The SMILES string of the molecule is CC1(C)C(=O)N(Cc2ccccc2)CCN1C(=O)[C@@H]1CC[C@@H]1C(=O)O. The number of carboxylic acid groups (broad SMARTS) is 1. The predicted molar refractivity (Wildman–Crippen MR) is 91.5 cm³/mol. The summed E-state index contributed by atoms with van der Waals surface area (Å²) in [4.78, 5) is 40.3. The van der Waals surface area contributed by atoms with Gasteiger partial charge in [-0.15, -0.1) is 0 Å². The van der Waals surface area contributed by atoms with E-state index in [2.05, 4.69) is 0 Å². The van der Waals surface area contributed by atoms with Crippen molar-refractivity contribution in [1.29, 1.82) is 0 Å². The summed E-state index contributed by atoms with van der Waals surface area (Å²) < 4.78 is 0. The first kappa shape index (κ1) is 17.5. The highest BCUT2D eigenvalue weighted by Crippen LogP contribution is 2.38. The van der Waals surface area contributed by atoms with Gasteiger partial charge in [0.2, 0.25) is 11.8 Å². The van der Waals surface area contributed by atoms with Crippen LogP contribution in [0.25, 0.3) is 0 Å². The number of carbonyl (C=O) groups is 3. The summed E-state index contributed by atoms with van der Waals surface area (Å²) in [7, 11) is 0. The van der Waals surface area contributed by atoms with E-state index in [-0.39, 0.29) is 11.8 Å². The molecule has 1 heterocycles. The summed E-state index contributed by atoms with van der Waals surface area (Å²) in [5.41, 5.74) is 0.0966. The maximum absolute atomic E-state index is 12.9. The van der Waals surface area contributed by atoms with E-state index in [0.717, 1.165) is 5.56 Å². The molecule has 6 heteroatoms. The van der Waals surface area contributed by atoms with Crippen LogP contribution in [0.3, 0.4) is 0 Å². The first-order valence-electron chi connectivity index (χ1n) is 8.70. The first-order chi connectivity index (χ1) is 11.8. The zero-order valence-corrected chi connectivity index (χ0v) is 14.6. The molecule has 2 amide bonds. The van der Waals surface area contributed by atoms with Gasteiger partial charge < -0.3 is 14.9 Å². The van der Waals surface area contributed by atoms with Crippen LogP contribution in [-0.4, -0.2) is 51.3 Å². The van der Waals surface area contributed by atoms with E-state index >= 15 is 0 Å². The second-order valence-corrected chi connectivity index (χ2v) is 7.39. The molecular weight excluding hydrogens is 320 g/mol. The highest BCUT2D eigenvalue weighted by molar-refractivity contribution is 5.94. The molecule has 1 aromatic rings. The number of hydrogen-bond acceptors (Lipinski definition) is 3. The zero-order valence-electron chi connectivity index (χ0n) is 14.6. The van der Waals surface area contributed by atoms with Crippen molar-refractivity contribution in [2.45, 2.75) is 38.8 Å². The minimum Gasteiger partial charge on any atom is -0.481 e. The molecule has 1 saturated heterocycles. The van der Waals surface area contributed by atoms with Gasteiger partial charge in [0.15, 0.2) is 0 Å². The lowest BCUT2D eigenvalue weighted by atomic mass is 9.72. The maximum atomic E-state index is 12.9. The molecule has 1 saturated carbocycles. The lowest BCUT2D eigenvalue weighted by molar-refractivity contribution is -0.168. The molecule has 134 valence electrons. The number of hydrogen-bond donors (Lipinski definition) is 1. The van der Waals surface area contributed by atoms with Crippen LogP contribution in [0.1, 0.15) is 32.3 Å².